The van der Waals surface area contributed by atoms with Crippen molar-refractivity contribution < 1.29 is 19.1 Å². The van der Waals surface area contributed by atoms with E-state index in [2.05, 4.69) is 0 Å². The summed E-state index contributed by atoms with van der Waals surface area (Å²) in [5.41, 5.74) is 1.05. The number of carbonyl (C=O) groups excluding carboxylic acids is 2. The Morgan fingerprint density at radius 2 is 1.70 bits per heavy atom. The van der Waals surface area contributed by atoms with Gasteiger partial charge in [-0.05, 0) is 43.9 Å². The lowest BCUT2D eigenvalue weighted by molar-refractivity contribution is -0.140. The van der Waals surface area contributed by atoms with Crippen LogP contribution in [0, 0.1) is 5.82 Å². The third-order valence-electron chi connectivity index (χ3n) is 4.56. The minimum Gasteiger partial charge on any atom is -0.507 e. The molecule has 5 nitrogen and oxygen atoms in total. The van der Waals surface area contributed by atoms with Crippen molar-refractivity contribution in [2.45, 2.75) is 6.04 Å². The van der Waals surface area contributed by atoms with Gasteiger partial charge >= 0.3 is 0 Å². The van der Waals surface area contributed by atoms with E-state index in [0.29, 0.717) is 18.7 Å². The summed E-state index contributed by atoms with van der Waals surface area (Å²) >= 11 is 0. The summed E-state index contributed by atoms with van der Waals surface area (Å²) in [4.78, 5) is 28.8. The molecule has 27 heavy (non-hydrogen) atoms. The zero-order valence-corrected chi connectivity index (χ0v) is 15.2. The smallest absolute Gasteiger partial charge is 0.295 e. The highest BCUT2D eigenvalue weighted by atomic mass is 19.1. The zero-order chi connectivity index (χ0) is 19.6. The van der Waals surface area contributed by atoms with Crippen LogP contribution in [0.5, 0.6) is 0 Å². The zero-order valence-electron chi connectivity index (χ0n) is 15.2. The molecule has 6 heteroatoms. The van der Waals surface area contributed by atoms with Gasteiger partial charge in [0.1, 0.15) is 11.6 Å². The van der Waals surface area contributed by atoms with Crippen molar-refractivity contribution in [2.75, 3.05) is 27.2 Å². The number of ketones is 1. The number of carbonyl (C=O) groups is 2. The fourth-order valence-corrected chi connectivity index (χ4v) is 3.16. The minimum atomic E-state index is -0.732. The molecule has 2 aromatic rings. The number of halogens is 1. The summed E-state index contributed by atoms with van der Waals surface area (Å²) in [5, 5.41) is 10.8. The molecule has 0 bridgehead atoms. The van der Waals surface area contributed by atoms with Crippen LogP contribution in [0.15, 0.2) is 60.2 Å². The van der Waals surface area contributed by atoms with Crippen LogP contribution < -0.4 is 0 Å². The van der Waals surface area contributed by atoms with E-state index in [9.17, 15) is 19.1 Å². The molecule has 140 valence electrons. The van der Waals surface area contributed by atoms with Crippen LogP contribution in [0.1, 0.15) is 17.2 Å². The Bertz CT molecular complexity index is 876. The van der Waals surface area contributed by atoms with Crippen molar-refractivity contribution in [1.82, 2.24) is 9.80 Å². The Labute approximate surface area is 157 Å². The number of aliphatic hydroxyl groups excluding tert-OH is 1. The molecule has 0 unspecified atom stereocenters. The van der Waals surface area contributed by atoms with E-state index in [4.69, 9.17) is 0 Å². The molecule has 1 saturated heterocycles. The van der Waals surface area contributed by atoms with Gasteiger partial charge in [0.05, 0.1) is 11.6 Å². The molecule has 0 radical (unpaired) electrons. The Hall–Kier alpha value is -2.99. The van der Waals surface area contributed by atoms with Gasteiger partial charge in [0.2, 0.25) is 0 Å². The lowest BCUT2D eigenvalue weighted by Crippen LogP contribution is -2.35. The summed E-state index contributed by atoms with van der Waals surface area (Å²) in [6.45, 7) is 0.921. The van der Waals surface area contributed by atoms with Gasteiger partial charge in [-0.2, -0.15) is 0 Å². The Kier molecular flexibility index (Phi) is 5.37. The maximum absolute atomic E-state index is 13.2. The van der Waals surface area contributed by atoms with E-state index in [1.165, 1.54) is 29.2 Å². The number of aliphatic hydroxyl groups is 1. The highest BCUT2D eigenvalue weighted by Crippen LogP contribution is 2.39. The number of hydrogen-bond donors (Lipinski definition) is 1. The van der Waals surface area contributed by atoms with Crippen molar-refractivity contribution in [3.63, 3.8) is 0 Å². The number of likely N-dealkylation sites (N-methyl/N-ethyl adjacent to an activating group) is 1. The van der Waals surface area contributed by atoms with E-state index >= 15 is 0 Å². The van der Waals surface area contributed by atoms with E-state index in [1.807, 2.05) is 49.3 Å². The maximum Gasteiger partial charge on any atom is 0.295 e. The second-order valence-electron chi connectivity index (χ2n) is 6.71. The molecular formula is C21H21FN2O3. The number of benzene rings is 2. The highest BCUT2D eigenvalue weighted by molar-refractivity contribution is 6.46. The first kappa shape index (κ1) is 18.8. The summed E-state index contributed by atoms with van der Waals surface area (Å²) in [7, 11) is 3.76. The normalized spacial score (nSPS) is 19.1. The second kappa shape index (κ2) is 7.72. The Morgan fingerprint density at radius 3 is 2.30 bits per heavy atom. The Morgan fingerprint density at radius 1 is 1.07 bits per heavy atom. The monoisotopic (exact) mass is 368 g/mol. The number of amides is 1. The molecule has 1 aliphatic heterocycles. The average Bonchev–Trinajstić information content (AvgIpc) is 2.91. The van der Waals surface area contributed by atoms with Gasteiger partial charge in [0.25, 0.3) is 11.7 Å². The van der Waals surface area contributed by atoms with Crippen molar-refractivity contribution in [3.8, 4) is 0 Å². The summed E-state index contributed by atoms with van der Waals surface area (Å²) in [6.07, 6.45) is 0. The number of hydrogen-bond acceptors (Lipinski definition) is 4. The first-order chi connectivity index (χ1) is 12.9. The molecule has 1 amide bonds. The minimum absolute atomic E-state index is 0.0246. The lowest BCUT2D eigenvalue weighted by Gasteiger charge is -2.26. The first-order valence-corrected chi connectivity index (χ1v) is 8.64. The molecule has 1 aliphatic rings. The second-order valence-corrected chi connectivity index (χ2v) is 6.71. The van der Waals surface area contributed by atoms with E-state index in [-0.39, 0.29) is 11.3 Å². The molecule has 2 aromatic carbocycles. The van der Waals surface area contributed by atoms with Crippen LogP contribution in [0.4, 0.5) is 4.39 Å². The van der Waals surface area contributed by atoms with Gasteiger partial charge in [-0.1, -0.05) is 30.3 Å². The molecule has 0 aliphatic carbocycles. The van der Waals surface area contributed by atoms with Crippen LogP contribution >= 0.6 is 0 Å². The quantitative estimate of drug-likeness (QED) is 0.501. The predicted octanol–water partition coefficient (Wildman–Crippen LogP) is 2.81. The van der Waals surface area contributed by atoms with Gasteiger partial charge in [-0.3, -0.25) is 9.59 Å². The first-order valence-electron chi connectivity index (χ1n) is 8.64. The summed E-state index contributed by atoms with van der Waals surface area (Å²) in [5.74, 6) is -2.12. The molecule has 0 spiro atoms. The lowest BCUT2D eigenvalue weighted by atomic mass is 9.95. The van der Waals surface area contributed by atoms with Crippen LogP contribution in [-0.2, 0) is 9.59 Å². The van der Waals surface area contributed by atoms with E-state index < -0.39 is 23.5 Å². The molecule has 1 fully saturated rings. The number of likely N-dealkylation sites (tertiary alicyclic amines) is 1. The largest absolute Gasteiger partial charge is 0.507 e. The fourth-order valence-electron chi connectivity index (χ4n) is 3.16. The number of nitrogens with zero attached hydrogens (tertiary/aromatic N) is 2. The molecule has 0 aromatic heterocycles. The van der Waals surface area contributed by atoms with E-state index in [0.717, 1.165) is 5.56 Å². The maximum atomic E-state index is 13.2. The van der Waals surface area contributed by atoms with Gasteiger partial charge in [0.15, 0.2) is 0 Å². The molecular weight excluding hydrogens is 347 g/mol. The third-order valence-corrected chi connectivity index (χ3v) is 4.56. The number of Topliss-reactive ketones (excluding diaryl/α,β-unsaturated/α-hetero) is 1. The van der Waals surface area contributed by atoms with Crippen LogP contribution in [0.25, 0.3) is 5.76 Å². The summed E-state index contributed by atoms with van der Waals surface area (Å²) in [6, 6.07) is 13.6. The van der Waals surface area contributed by atoms with Crippen molar-refractivity contribution in [1.29, 1.82) is 0 Å². The SMILES string of the molecule is CN(C)CCN1C(=O)C(=O)/C(=C(\O)c2ccc(F)cc2)[C@H]1c1ccccc1. The number of rotatable bonds is 5. The van der Waals surface area contributed by atoms with Gasteiger partial charge < -0.3 is 14.9 Å². The van der Waals surface area contributed by atoms with Gasteiger partial charge in [-0.25, -0.2) is 4.39 Å². The third kappa shape index (κ3) is 3.75. The highest BCUT2D eigenvalue weighted by Gasteiger charge is 2.45. The van der Waals surface area contributed by atoms with Crippen molar-refractivity contribution in [3.05, 3.63) is 77.1 Å². The van der Waals surface area contributed by atoms with E-state index in [1.54, 1.807) is 0 Å². The van der Waals surface area contributed by atoms with Gasteiger partial charge in [0, 0.05) is 18.7 Å². The topological polar surface area (TPSA) is 60.9 Å². The van der Waals surface area contributed by atoms with Crippen molar-refractivity contribution in [2.24, 2.45) is 0 Å². The van der Waals surface area contributed by atoms with Crippen molar-refractivity contribution >= 4 is 17.4 Å². The average molecular weight is 368 g/mol. The molecule has 1 atom stereocenters. The molecule has 0 saturated carbocycles. The fraction of sp³-hybridized carbons (Fsp3) is 0.238. The van der Waals surface area contributed by atoms with Gasteiger partial charge in [-0.15, -0.1) is 0 Å². The molecule has 3 rings (SSSR count). The molecule has 1 heterocycles. The Balaban J connectivity index is 2.12. The van der Waals surface area contributed by atoms with Crippen LogP contribution in [0.3, 0.4) is 0 Å². The summed E-state index contributed by atoms with van der Waals surface area (Å²) < 4.78 is 13.2. The van der Waals surface area contributed by atoms with Crippen LogP contribution in [0.2, 0.25) is 0 Å². The predicted molar refractivity (Wildman–Crippen MR) is 100 cm³/mol. The molecule has 1 N–H and O–H groups in total. The standard InChI is InChI=1S/C21H21FN2O3/c1-23(2)12-13-24-18(14-6-4-3-5-7-14)17(20(26)21(24)27)19(25)15-8-10-16(22)11-9-15/h3-11,18,25H,12-13H2,1-2H3/b19-17-/t18-/m1/s1. The van der Waals surface area contributed by atoms with Crippen LogP contribution in [-0.4, -0.2) is 53.8 Å².